The predicted octanol–water partition coefficient (Wildman–Crippen LogP) is 3.47. The minimum absolute atomic E-state index is 0.0670. The Morgan fingerprint density at radius 3 is 2.88 bits per heavy atom. The zero-order chi connectivity index (χ0) is 18.1. The standard InChI is InChI=1S/C21H24N4O/c1-15-22-19-9-8-17(12-20(19)23-15)21(26)24(2)13-16-10-11-25(14-16)18-6-4-3-5-7-18/h3-9,12,16H,10-11,13-14H2,1-2H3,(H,22,23)/t16-/m1/s1. The molecule has 1 fully saturated rings. The van der Waals surface area contributed by atoms with E-state index in [1.165, 1.54) is 5.69 Å². The minimum Gasteiger partial charge on any atom is -0.371 e. The molecule has 0 saturated carbocycles. The van der Waals surface area contributed by atoms with Crippen molar-refractivity contribution >= 4 is 22.6 Å². The predicted molar refractivity (Wildman–Crippen MR) is 105 cm³/mol. The van der Waals surface area contributed by atoms with E-state index in [0.29, 0.717) is 11.5 Å². The van der Waals surface area contributed by atoms with E-state index in [1.807, 2.05) is 43.1 Å². The third-order valence-corrected chi connectivity index (χ3v) is 5.13. The van der Waals surface area contributed by atoms with Crippen LogP contribution in [0, 0.1) is 12.8 Å². The van der Waals surface area contributed by atoms with Gasteiger partial charge in [0.15, 0.2) is 0 Å². The van der Waals surface area contributed by atoms with E-state index in [0.717, 1.165) is 42.9 Å². The number of aromatic nitrogens is 2. The summed E-state index contributed by atoms with van der Waals surface area (Å²) in [5.74, 6) is 1.43. The Morgan fingerprint density at radius 2 is 2.08 bits per heavy atom. The van der Waals surface area contributed by atoms with Gasteiger partial charge >= 0.3 is 0 Å². The average molecular weight is 348 g/mol. The number of nitrogens with one attached hydrogen (secondary N) is 1. The fraction of sp³-hybridized carbons (Fsp3) is 0.333. The van der Waals surface area contributed by atoms with Crippen LogP contribution in [0.15, 0.2) is 48.5 Å². The zero-order valence-electron chi connectivity index (χ0n) is 15.3. The van der Waals surface area contributed by atoms with Crippen LogP contribution in [0.5, 0.6) is 0 Å². The molecule has 26 heavy (non-hydrogen) atoms. The second-order valence-corrected chi connectivity index (χ2v) is 7.18. The van der Waals surface area contributed by atoms with E-state index < -0.39 is 0 Å². The van der Waals surface area contributed by atoms with Crippen molar-refractivity contribution in [2.45, 2.75) is 13.3 Å². The van der Waals surface area contributed by atoms with Crippen molar-refractivity contribution in [1.29, 1.82) is 0 Å². The van der Waals surface area contributed by atoms with Gasteiger partial charge in [0.25, 0.3) is 5.91 Å². The van der Waals surface area contributed by atoms with Gasteiger partial charge in [0, 0.05) is 37.9 Å². The van der Waals surface area contributed by atoms with Crippen LogP contribution in [0.3, 0.4) is 0 Å². The first-order valence-corrected chi connectivity index (χ1v) is 9.12. The Bertz CT molecular complexity index is 918. The molecule has 1 aliphatic heterocycles. The van der Waals surface area contributed by atoms with E-state index >= 15 is 0 Å². The molecule has 1 saturated heterocycles. The fourth-order valence-electron chi connectivity index (χ4n) is 3.82. The number of benzene rings is 2. The van der Waals surface area contributed by atoms with E-state index in [9.17, 15) is 4.79 Å². The number of fused-ring (bicyclic) bond motifs is 1. The molecular formula is C21H24N4O. The molecular weight excluding hydrogens is 324 g/mol. The lowest BCUT2D eigenvalue weighted by Crippen LogP contribution is -2.33. The van der Waals surface area contributed by atoms with Crippen molar-refractivity contribution in [3.05, 3.63) is 59.9 Å². The lowest BCUT2D eigenvalue weighted by Gasteiger charge is -2.22. The summed E-state index contributed by atoms with van der Waals surface area (Å²) < 4.78 is 0. The molecule has 2 heterocycles. The van der Waals surface area contributed by atoms with Crippen LogP contribution in [-0.2, 0) is 0 Å². The Hall–Kier alpha value is -2.82. The topological polar surface area (TPSA) is 52.2 Å². The van der Waals surface area contributed by atoms with E-state index in [1.54, 1.807) is 0 Å². The summed E-state index contributed by atoms with van der Waals surface area (Å²) in [6.45, 7) is 4.75. The summed E-state index contributed by atoms with van der Waals surface area (Å²) in [6, 6.07) is 16.2. The van der Waals surface area contributed by atoms with Gasteiger partial charge < -0.3 is 14.8 Å². The van der Waals surface area contributed by atoms with Crippen molar-refractivity contribution in [1.82, 2.24) is 14.9 Å². The van der Waals surface area contributed by atoms with Crippen LogP contribution in [0.2, 0.25) is 0 Å². The second kappa shape index (κ2) is 6.83. The van der Waals surface area contributed by atoms with Crippen LogP contribution in [0.4, 0.5) is 5.69 Å². The van der Waals surface area contributed by atoms with Gasteiger partial charge in [0.2, 0.25) is 0 Å². The van der Waals surface area contributed by atoms with Crippen LogP contribution >= 0.6 is 0 Å². The molecule has 1 aliphatic rings. The Kier molecular flexibility index (Phi) is 4.37. The van der Waals surface area contributed by atoms with Crippen LogP contribution in [0.1, 0.15) is 22.6 Å². The van der Waals surface area contributed by atoms with Crippen molar-refractivity contribution in [2.24, 2.45) is 5.92 Å². The number of carbonyl (C=O) groups is 1. The van der Waals surface area contributed by atoms with Crippen molar-refractivity contribution in [2.75, 3.05) is 31.6 Å². The highest BCUT2D eigenvalue weighted by Crippen LogP contribution is 2.24. The number of imidazole rings is 1. The number of hydrogen-bond acceptors (Lipinski definition) is 3. The molecule has 0 unspecified atom stereocenters. The molecule has 4 rings (SSSR count). The van der Waals surface area contributed by atoms with Crippen molar-refractivity contribution in [3.8, 4) is 0 Å². The van der Waals surface area contributed by atoms with Gasteiger partial charge in [-0.3, -0.25) is 4.79 Å². The highest BCUT2D eigenvalue weighted by atomic mass is 16.2. The Balaban J connectivity index is 1.41. The second-order valence-electron chi connectivity index (χ2n) is 7.18. The molecule has 5 heteroatoms. The SMILES string of the molecule is Cc1nc2ccc(C(=O)N(C)C[C@H]3CCN(c4ccccc4)C3)cc2[nH]1. The number of hydrogen-bond donors (Lipinski definition) is 1. The van der Waals surface area contributed by atoms with Crippen molar-refractivity contribution in [3.63, 3.8) is 0 Å². The maximum absolute atomic E-state index is 12.8. The molecule has 134 valence electrons. The largest absolute Gasteiger partial charge is 0.371 e. The number of nitrogens with zero attached hydrogens (tertiary/aromatic N) is 3. The maximum atomic E-state index is 12.8. The monoisotopic (exact) mass is 348 g/mol. The molecule has 1 aromatic heterocycles. The van der Waals surface area contributed by atoms with Crippen LogP contribution in [-0.4, -0.2) is 47.5 Å². The number of amides is 1. The average Bonchev–Trinajstić information content (AvgIpc) is 3.26. The van der Waals surface area contributed by atoms with Gasteiger partial charge in [-0.15, -0.1) is 0 Å². The molecule has 1 N–H and O–H groups in total. The summed E-state index contributed by atoms with van der Waals surface area (Å²) in [6.07, 6.45) is 1.12. The fourth-order valence-corrected chi connectivity index (χ4v) is 3.82. The van der Waals surface area contributed by atoms with Gasteiger partial charge in [-0.25, -0.2) is 4.98 Å². The third-order valence-electron chi connectivity index (χ3n) is 5.13. The van der Waals surface area contributed by atoms with Gasteiger partial charge in [-0.1, -0.05) is 18.2 Å². The third kappa shape index (κ3) is 3.29. The summed E-state index contributed by atoms with van der Waals surface area (Å²) in [7, 11) is 1.90. The molecule has 1 atom stereocenters. The van der Waals surface area contributed by atoms with Gasteiger partial charge in [0.05, 0.1) is 11.0 Å². The van der Waals surface area contributed by atoms with E-state index in [2.05, 4.69) is 39.1 Å². The molecule has 0 spiro atoms. The number of aromatic amines is 1. The molecule has 0 radical (unpaired) electrons. The van der Waals surface area contributed by atoms with Crippen molar-refractivity contribution < 1.29 is 4.79 Å². The first-order chi connectivity index (χ1) is 12.6. The molecule has 0 aliphatic carbocycles. The smallest absolute Gasteiger partial charge is 0.253 e. The maximum Gasteiger partial charge on any atom is 0.253 e. The first kappa shape index (κ1) is 16.6. The number of H-pyrrole nitrogens is 1. The lowest BCUT2D eigenvalue weighted by atomic mass is 10.1. The van der Waals surface area contributed by atoms with E-state index in [4.69, 9.17) is 0 Å². The number of aryl methyl sites for hydroxylation is 1. The van der Waals surface area contributed by atoms with Crippen LogP contribution < -0.4 is 4.90 Å². The molecule has 1 amide bonds. The summed E-state index contributed by atoms with van der Waals surface area (Å²) in [5, 5.41) is 0. The number of rotatable bonds is 4. The normalized spacial score (nSPS) is 17.0. The highest BCUT2D eigenvalue weighted by molar-refractivity contribution is 5.97. The molecule has 0 bridgehead atoms. The molecule has 5 nitrogen and oxygen atoms in total. The zero-order valence-corrected chi connectivity index (χ0v) is 15.3. The quantitative estimate of drug-likeness (QED) is 0.785. The van der Waals surface area contributed by atoms with Crippen LogP contribution in [0.25, 0.3) is 11.0 Å². The summed E-state index contributed by atoms with van der Waals surface area (Å²) in [5.41, 5.74) is 3.79. The van der Waals surface area contributed by atoms with Gasteiger partial charge in [0.1, 0.15) is 5.82 Å². The summed E-state index contributed by atoms with van der Waals surface area (Å²) in [4.78, 5) is 24.7. The number of para-hydroxylation sites is 1. The van der Waals surface area contributed by atoms with Gasteiger partial charge in [-0.05, 0) is 49.6 Å². The minimum atomic E-state index is 0.0670. The molecule has 3 aromatic rings. The number of anilines is 1. The number of carbonyl (C=O) groups excluding carboxylic acids is 1. The molecule has 2 aromatic carbocycles. The summed E-state index contributed by atoms with van der Waals surface area (Å²) >= 11 is 0. The first-order valence-electron chi connectivity index (χ1n) is 9.12. The van der Waals surface area contributed by atoms with Gasteiger partial charge in [-0.2, -0.15) is 0 Å². The lowest BCUT2D eigenvalue weighted by molar-refractivity contribution is 0.0776. The van der Waals surface area contributed by atoms with E-state index in [-0.39, 0.29) is 5.91 Å². The Labute approximate surface area is 153 Å². The highest BCUT2D eigenvalue weighted by Gasteiger charge is 2.25. The Morgan fingerprint density at radius 1 is 1.27 bits per heavy atom.